The van der Waals surface area contributed by atoms with E-state index >= 15 is 0 Å². The third-order valence-electron chi connectivity index (χ3n) is 17.4. The van der Waals surface area contributed by atoms with Gasteiger partial charge in [0.2, 0.25) is 0 Å². The third kappa shape index (κ3) is 11.0. The Morgan fingerprint density at radius 2 is 1.20 bits per heavy atom. The smallest absolute Gasteiger partial charge is 0.268 e. The molecule has 0 amide bonds. The number of hydrogen-bond donors (Lipinski definition) is 0. The summed E-state index contributed by atoms with van der Waals surface area (Å²) in [6.45, 7) is 2.12. The van der Waals surface area contributed by atoms with Crippen LogP contribution < -0.4 is 9.30 Å². The summed E-state index contributed by atoms with van der Waals surface area (Å²) in [5.74, 6) is 1.01. The van der Waals surface area contributed by atoms with Gasteiger partial charge >= 0.3 is 0 Å². The number of pyridine rings is 1. The van der Waals surface area contributed by atoms with E-state index in [2.05, 4.69) is 128 Å². The molecule has 0 atom stereocenters. The Hall–Kier alpha value is -9.09. The SMILES string of the molecule is [2H]c1c([2H])c([2H])c(-c2cccc(-c3c([2H])c([2H])c4c(c3[2H])C(C([2H])([2H])[2H])(C([2H])([2H])[2H])C([2H])([2H])C([2H])([2H])C4(C([2H])([2H])[2H])C([2H])([2H])[2H])c2-[n+]2[c-]n(-c3[c-]c(Oc4[c-]c5c(cc4)c4cc(-c6cc(C(C)(C)C)cc(C(C)(C)C)c6)ccc4n5-c4cc(C(C)(C)C)ccn4)ccc3)c3cc4oc5ccc(-c6ccccc6)cc5c4cc32)c([2H])c1[2H].[Pt]. The molecule has 14 aromatic rings. The normalized spacial score (nSPS) is 19.5. The first kappa shape index (κ1) is 39.5. The number of nitrogens with zero attached hydrogens (tertiary/aromatic N) is 4. The summed E-state index contributed by atoms with van der Waals surface area (Å²) in [6, 6.07) is 46.6. The van der Waals surface area contributed by atoms with Crippen molar-refractivity contribution in [1.82, 2.24) is 14.1 Å². The van der Waals surface area contributed by atoms with E-state index in [1.165, 1.54) is 38.5 Å². The van der Waals surface area contributed by atoms with Gasteiger partial charge in [0.05, 0.1) is 27.7 Å². The van der Waals surface area contributed by atoms with E-state index in [-0.39, 0.29) is 71.1 Å². The molecule has 0 saturated heterocycles. The van der Waals surface area contributed by atoms with Crippen molar-refractivity contribution in [3.63, 3.8) is 0 Å². The number of benzene rings is 10. The van der Waals surface area contributed by atoms with Crippen molar-refractivity contribution in [1.29, 1.82) is 0 Å². The zero-order valence-corrected chi connectivity index (χ0v) is 54.8. The van der Waals surface area contributed by atoms with Gasteiger partial charge in [-0.3, -0.25) is 4.57 Å². The molecule has 0 bridgehead atoms. The number of furan rings is 1. The number of para-hydroxylation sites is 1. The second-order valence-corrected chi connectivity index (χ2v) is 26.8. The minimum absolute atomic E-state index is 0. The molecule has 0 radical (unpaired) electrons. The number of fused-ring (bicyclic) bond motifs is 8. The number of hydrogen-bond acceptors (Lipinski definition) is 3. The van der Waals surface area contributed by atoms with Gasteiger partial charge in [0.25, 0.3) is 6.33 Å². The van der Waals surface area contributed by atoms with Crippen LogP contribution in [-0.2, 0) is 48.1 Å². The van der Waals surface area contributed by atoms with Gasteiger partial charge in [0.1, 0.15) is 17.0 Å². The second kappa shape index (κ2) is 22.6. The van der Waals surface area contributed by atoms with E-state index < -0.39 is 133 Å². The quantitative estimate of drug-likeness (QED) is 0.107. The molecule has 466 valence electrons. The summed E-state index contributed by atoms with van der Waals surface area (Å²) >= 11 is 0. The maximum absolute atomic E-state index is 10.5. The summed E-state index contributed by atoms with van der Waals surface area (Å²) in [5, 5.41) is 2.78. The van der Waals surface area contributed by atoms with Crippen LogP contribution in [0, 0.1) is 18.5 Å². The van der Waals surface area contributed by atoms with Crippen LogP contribution in [0.5, 0.6) is 11.5 Å². The van der Waals surface area contributed by atoms with Crippen LogP contribution >= 0.6 is 0 Å². The zero-order chi connectivity index (χ0) is 84.4. The average molecular weight is 1420 g/mol. The van der Waals surface area contributed by atoms with Crippen LogP contribution in [0.1, 0.15) is 163 Å². The van der Waals surface area contributed by atoms with Crippen LogP contribution in [-0.4, -0.2) is 14.1 Å². The van der Waals surface area contributed by atoms with Gasteiger partial charge in [0, 0.05) is 77.0 Å². The minimum atomic E-state index is -4.67. The van der Waals surface area contributed by atoms with Crippen LogP contribution in [0.2, 0.25) is 0 Å². The summed E-state index contributed by atoms with van der Waals surface area (Å²) < 4.78 is 242. The summed E-state index contributed by atoms with van der Waals surface area (Å²) in [4.78, 5) is 4.96. The van der Waals surface area contributed by atoms with Crippen molar-refractivity contribution >= 4 is 54.8 Å². The van der Waals surface area contributed by atoms with Gasteiger partial charge in [-0.1, -0.05) is 229 Å². The fraction of sp³-hybridized carbons (Fsp3) is 0.233. The largest absolute Gasteiger partial charge is 0.510 e. The topological polar surface area (TPSA) is 49.0 Å². The molecule has 1 aliphatic carbocycles. The first-order valence-electron chi connectivity index (χ1n) is 42.4. The van der Waals surface area contributed by atoms with Crippen molar-refractivity contribution in [3.05, 3.63) is 259 Å². The van der Waals surface area contributed by atoms with Gasteiger partial charge < -0.3 is 18.3 Å². The van der Waals surface area contributed by atoms with E-state index in [4.69, 9.17) is 34.7 Å². The first-order valence-corrected chi connectivity index (χ1v) is 30.4. The van der Waals surface area contributed by atoms with Gasteiger partial charge in [-0.05, 0) is 166 Å². The molecule has 0 unspecified atom stereocenters. The average Bonchev–Trinajstić information content (AvgIpc) is 1.14. The summed E-state index contributed by atoms with van der Waals surface area (Å²) in [6.07, 6.45) is -4.15. The maximum atomic E-state index is 10.5. The Bertz CT molecular complexity index is 6360. The molecule has 7 heteroatoms. The Morgan fingerprint density at radius 1 is 0.538 bits per heavy atom. The molecule has 10 aromatic carbocycles. The predicted octanol–water partition coefficient (Wildman–Crippen LogP) is 22.4. The van der Waals surface area contributed by atoms with E-state index in [0.29, 0.717) is 33.3 Å². The van der Waals surface area contributed by atoms with Gasteiger partial charge in [-0.15, -0.1) is 29.7 Å². The molecule has 93 heavy (non-hydrogen) atoms. The molecule has 4 aromatic heterocycles. The van der Waals surface area contributed by atoms with E-state index in [0.717, 1.165) is 44.1 Å². The van der Waals surface area contributed by atoms with Gasteiger partial charge in [0.15, 0.2) is 0 Å². The molecule has 6 nitrogen and oxygen atoms in total. The second-order valence-electron chi connectivity index (χ2n) is 26.8. The van der Waals surface area contributed by atoms with Crippen LogP contribution in [0.4, 0.5) is 0 Å². The number of rotatable bonds is 9. The van der Waals surface area contributed by atoms with Crippen LogP contribution in [0.15, 0.2) is 217 Å². The monoisotopic (exact) mass is 1420 g/mol. The van der Waals surface area contributed by atoms with Crippen molar-refractivity contribution < 1.29 is 67.7 Å². The molecule has 15 rings (SSSR count). The molecule has 0 fully saturated rings. The van der Waals surface area contributed by atoms with Crippen molar-refractivity contribution in [2.75, 3.05) is 0 Å². The van der Waals surface area contributed by atoms with Gasteiger partial charge in [-0.25, -0.2) is 4.98 Å². The van der Waals surface area contributed by atoms with Crippen LogP contribution in [0.25, 0.3) is 116 Å². The van der Waals surface area contributed by atoms with E-state index in [1.54, 1.807) is 48.7 Å². The molecule has 0 spiro atoms. The molecule has 0 saturated carbocycles. The third-order valence-corrected chi connectivity index (χ3v) is 17.4. The molecule has 0 aliphatic heterocycles. The molecule has 0 N–H and O–H groups in total. The van der Waals surface area contributed by atoms with Crippen LogP contribution in [0.3, 0.4) is 0 Å². The zero-order valence-electron chi connectivity index (χ0n) is 76.5. The summed E-state index contributed by atoms with van der Waals surface area (Å²) in [5.41, 5.74) is -5.89. The number of imidazole rings is 1. The van der Waals surface area contributed by atoms with Crippen molar-refractivity contribution in [2.45, 2.75) is 130 Å². The molecule has 4 heterocycles. The van der Waals surface area contributed by atoms with E-state index in [9.17, 15) is 12.3 Å². The minimum Gasteiger partial charge on any atom is -0.510 e. The van der Waals surface area contributed by atoms with Crippen molar-refractivity contribution in [2.24, 2.45) is 0 Å². The Kier molecular flexibility index (Phi) is 9.58. The maximum Gasteiger partial charge on any atom is 0.268 e. The fourth-order valence-electron chi connectivity index (χ4n) is 12.3. The number of ether oxygens (including phenoxy) is 1. The fourth-order valence-corrected chi connectivity index (χ4v) is 12.3. The standard InChI is InChI=1S/C86H78N4O2.Pt/c1-82(2,3)60-38-41-87-80(48-60)90-74-36-31-57(59-42-61(83(4,5)6)47-62(43-59)84(7,8)9)44-69(74)68-34-33-65(50-75(68)90)91-64-27-20-26-63(49-64)88-53-89(76-51-71-70-45-56(54-22-16-14-17-23-54)32-37-78(70)92-79(71)52-77(76)88)81-66(55-24-18-15-19-25-55)28-21-29-67(81)58-30-35-72-73(46-58)86(12,13)40-39-85(72,10)11;/h14-38,41-48,51-52H,39-40H2,1-13H3;/q-2;/i10D3,11D3,12D3,13D3,15D,18D,19D,24D,25D,30D,35D,39D2,40D2,46D;. The predicted molar refractivity (Wildman–Crippen MR) is 380 cm³/mol. The van der Waals surface area contributed by atoms with Crippen molar-refractivity contribution in [3.8, 4) is 73.2 Å². The number of aromatic nitrogens is 4. The molecular formula is C86H78N4O2Pt-2. The van der Waals surface area contributed by atoms with Gasteiger partial charge in [-0.2, -0.15) is 18.2 Å². The Balaban J connectivity index is 0.0000113. The summed E-state index contributed by atoms with van der Waals surface area (Å²) in [7, 11) is 0. The Labute approximate surface area is 595 Å². The first-order chi connectivity index (χ1) is 53.8. The van der Waals surface area contributed by atoms with E-state index in [1.807, 2.05) is 54.6 Å². The molecule has 1 aliphatic rings. The molecular weight excluding hydrogens is 1320 g/mol. The Morgan fingerprint density at radius 3 is 1.94 bits per heavy atom.